The number of aromatic hydroxyl groups is 1. The summed E-state index contributed by atoms with van der Waals surface area (Å²) < 4.78 is 20.0. The van der Waals surface area contributed by atoms with Gasteiger partial charge in [0.25, 0.3) is 0 Å². The number of nitrogens with one attached hydrogen (secondary N) is 1. The number of phenols is 1. The smallest absolute Gasteiger partial charge is 0.152 e. The van der Waals surface area contributed by atoms with E-state index in [4.69, 9.17) is 4.42 Å². The van der Waals surface area contributed by atoms with Crippen molar-refractivity contribution in [2.45, 2.75) is 31.7 Å². The minimum atomic E-state index is 0.0244. The van der Waals surface area contributed by atoms with Crippen molar-refractivity contribution in [3.63, 3.8) is 0 Å². The first-order valence-electron chi connectivity index (χ1n) is 12.1. The van der Waals surface area contributed by atoms with Gasteiger partial charge in [-0.15, -0.1) is 0 Å². The molecule has 0 saturated heterocycles. The number of benzene rings is 2. The molecule has 0 amide bonds. The zero-order chi connectivity index (χ0) is 26.9. The third kappa shape index (κ3) is 6.72. The topological polar surface area (TPSA) is 79.8 Å². The Bertz CT molecular complexity index is 1530. The molecule has 2 aromatic carbocycles. The lowest BCUT2D eigenvalue weighted by Crippen LogP contribution is -2.05. The largest absolute Gasteiger partial charge is 0.507 e. The number of nitrogens with zero attached hydrogens (tertiary/aromatic N) is 2. The molecule has 0 fully saturated rings. The molecule has 0 bridgehead atoms. The number of aromatic nitrogens is 2. The van der Waals surface area contributed by atoms with Gasteiger partial charge in [0.05, 0.1) is 35.0 Å². The van der Waals surface area contributed by atoms with Gasteiger partial charge in [0.15, 0.2) is 5.78 Å². The van der Waals surface area contributed by atoms with E-state index in [-0.39, 0.29) is 23.7 Å². The fourth-order valence-corrected chi connectivity index (χ4v) is 4.11. The molecule has 5 rings (SSSR count). The number of pyridine rings is 1. The van der Waals surface area contributed by atoms with E-state index in [0.717, 1.165) is 23.4 Å². The van der Waals surface area contributed by atoms with Crippen molar-refractivity contribution < 1.29 is 18.2 Å². The molecule has 0 aliphatic carbocycles. The Labute approximate surface area is 225 Å². The second-order valence-electron chi connectivity index (χ2n) is 8.51. The molecule has 0 atom stereocenters. The number of halogens is 1. The van der Waals surface area contributed by atoms with E-state index in [1.54, 1.807) is 41.1 Å². The van der Waals surface area contributed by atoms with Crippen LogP contribution in [0.5, 0.6) is 5.75 Å². The SMILES string of the molecule is CC(=O)/C=C/c1ccco1.CCc1ccc(CNc2cc(-c3ccccc3O)cc3c(SF)cnn23)cc1. The first-order chi connectivity index (χ1) is 18.5. The molecule has 6 nitrogen and oxygen atoms in total. The van der Waals surface area contributed by atoms with Crippen molar-refractivity contribution in [3.05, 3.63) is 108 Å². The molecule has 38 heavy (non-hydrogen) atoms. The Morgan fingerprint density at radius 2 is 1.87 bits per heavy atom. The van der Waals surface area contributed by atoms with Crippen molar-refractivity contribution in [3.8, 4) is 16.9 Å². The monoisotopic (exact) mass is 529 g/mol. The maximum Gasteiger partial charge on any atom is 0.152 e. The average Bonchev–Trinajstić information content (AvgIpc) is 3.61. The lowest BCUT2D eigenvalue weighted by Gasteiger charge is -2.13. The summed E-state index contributed by atoms with van der Waals surface area (Å²) in [6.45, 7) is 4.24. The first-order valence-corrected chi connectivity index (χ1v) is 12.8. The first kappa shape index (κ1) is 26.8. The standard InChI is InChI=1S/C22H20FN3OS.C8H8O2/c1-2-15-7-9-16(10-8-15)13-24-22-12-17(18-5-3-4-6-20(18)27)11-19-21(28-23)14-25-26(19)22;1-7(9)4-5-8-3-2-6-10-8/h3-12,14,24,27H,2,13H2,1H3;2-6H,1H3/b;5-4+. The van der Waals surface area contributed by atoms with Crippen LogP contribution in [-0.2, 0) is 17.8 Å². The summed E-state index contributed by atoms with van der Waals surface area (Å²) in [6, 6.07) is 22.9. The Hall–Kier alpha value is -4.30. The van der Waals surface area contributed by atoms with E-state index in [1.165, 1.54) is 24.8 Å². The van der Waals surface area contributed by atoms with Crippen LogP contribution in [0, 0.1) is 0 Å². The van der Waals surface area contributed by atoms with Crippen molar-refractivity contribution in [2.75, 3.05) is 5.32 Å². The highest BCUT2D eigenvalue weighted by atomic mass is 32.2. The number of allylic oxidation sites excluding steroid dienone is 1. The normalized spacial score (nSPS) is 10.9. The minimum Gasteiger partial charge on any atom is -0.507 e. The highest BCUT2D eigenvalue weighted by Gasteiger charge is 2.13. The van der Waals surface area contributed by atoms with E-state index in [1.807, 2.05) is 24.3 Å². The van der Waals surface area contributed by atoms with Gasteiger partial charge in [-0.2, -0.15) is 8.98 Å². The van der Waals surface area contributed by atoms with Crippen molar-refractivity contribution >= 4 is 35.3 Å². The summed E-state index contributed by atoms with van der Waals surface area (Å²) >= 11 is 0.167. The fourth-order valence-electron chi connectivity index (χ4n) is 3.79. The van der Waals surface area contributed by atoms with Crippen LogP contribution in [0.1, 0.15) is 30.7 Å². The molecule has 2 N–H and O–H groups in total. The minimum absolute atomic E-state index is 0.0244. The van der Waals surface area contributed by atoms with Gasteiger partial charge in [-0.3, -0.25) is 4.79 Å². The van der Waals surface area contributed by atoms with Crippen molar-refractivity contribution in [1.82, 2.24) is 9.61 Å². The third-order valence-corrected chi connectivity index (χ3v) is 6.29. The maximum atomic E-state index is 13.3. The molecule has 0 aliphatic heterocycles. The van der Waals surface area contributed by atoms with Gasteiger partial charge in [-0.25, -0.2) is 4.52 Å². The summed E-state index contributed by atoms with van der Waals surface area (Å²) in [5.41, 5.74) is 4.58. The molecule has 3 heterocycles. The van der Waals surface area contributed by atoms with Crippen LogP contribution in [0.2, 0.25) is 0 Å². The summed E-state index contributed by atoms with van der Waals surface area (Å²) in [7, 11) is 0. The van der Waals surface area contributed by atoms with Gasteiger partial charge >= 0.3 is 0 Å². The maximum absolute atomic E-state index is 13.3. The molecule has 8 heteroatoms. The number of rotatable bonds is 8. The van der Waals surface area contributed by atoms with Gasteiger partial charge in [0.1, 0.15) is 17.3 Å². The van der Waals surface area contributed by atoms with Crippen LogP contribution >= 0.6 is 12.1 Å². The van der Waals surface area contributed by atoms with Crippen LogP contribution < -0.4 is 5.32 Å². The van der Waals surface area contributed by atoms with Crippen LogP contribution in [0.25, 0.3) is 22.7 Å². The number of para-hydroxylation sites is 1. The number of hydrogen-bond acceptors (Lipinski definition) is 6. The zero-order valence-corrected chi connectivity index (χ0v) is 21.9. The number of anilines is 1. The summed E-state index contributed by atoms with van der Waals surface area (Å²) in [6.07, 6.45) is 7.20. The lowest BCUT2D eigenvalue weighted by atomic mass is 10.1. The van der Waals surface area contributed by atoms with Crippen LogP contribution in [-0.4, -0.2) is 20.5 Å². The second-order valence-corrected chi connectivity index (χ2v) is 9.11. The molecule has 0 saturated carbocycles. The Balaban J connectivity index is 0.000000283. The fraction of sp³-hybridized carbons (Fsp3) is 0.133. The van der Waals surface area contributed by atoms with E-state index in [9.17, 15) is 13.8 Å². The second kappa shape index (κ2) is 12.8. The van der Waals surface area contributed by atoms with Gasteiger partial charge in [0.2, 0.25) is 0 Å². The quantitative estimate of drug-likeness (QED) is 0.200. The number of phenolic OH excluding ortho intramolecular Hbond substituents is 1. The summed E-state index contributed by atoms with van der Waals surface area (Å²) in [4.78, 5) is 10.8. The average molecular weight is 530 g/mol. The molecule has 0 aliphatic rings. The molecule has 0 spiro atoms. The van der Waals surface area contributed by atoms with Crippen molar-refractivity contribution in [1.29, 1.82) is 0 Å². The molecule has 5 aromatic rings. The summed E-state index contributed by atoms with van der Waals surface area (Å²) in [5.74, 6) is 1.64. The molecule has 0 unspecified atom stereocenters. The lowest BCUT2D eigenvalue weighted by molar-refractivity contribution is -0.112. The molecule has 3 aromatic heterocycles. The molecular weight excluding hydrogens is 501 g/mol. The number of fused-ring (bicyclic) bond motifs is 1. The Morgan fingerprint density at radius 3 is 2.53 bits per heavy atom. The van der Waals surface area contributed by atoms with Gasteiger partial charge in [0, 0.05) is 12.1 Å². The number of carbonyl (C=O) groups is 1. The van der Waals surface area contributed by atoms with Crippen molar-refractivity contribution in [2.24, 2.45) is 0 Å². The Morgan fingerprint density at radius 1 is 1.11 bits per heavy atom. The predicted molar refractivity (Wildman–Crippen MR) is 151 cm³/mol. The third-order valence-electron chi connectivity index (χ3n) is 5.81. The molecular formula is C30H28FN3O3S. The van der Waals surface area contributed by atoms with Crippen LogP contribution in [0.3, 0.4) is 0 Å². The number of aryl methyl sites for hydroxylation is 1. The van der Waals surface area contributed by atoms with E-state index < -0.39 is 0 Å². The molecule has 0 radical (unpaired) electrons. The Kier molecular flexibility index (Phi) is 9.00. The summed E-state index contributed by atoms with van der Waals surface area (Å²) in [5, 5.41) is 18.0. The highest BCUT2D eigenvalue weighted by molar-refractivity contribution is 7.94. The predicted octanol–water partition coefficient (Wildman–Crippen LogP) is 7.74. The highest BCUT2D eigenvalue weighted by Crippen LogP contribution is 2.34. The van der Waals surface area contributed by atoms with Gasteiger partial charge in [-0.05, 0) is 72.5 Å². The zero-order valence-electron chi connectivity index (χ0n) is 21.1. The van der Waals surface area contributed by atoms with Crippen LogP contribution in [0.4, 0.5) is 9.70 Å². The van der Waals surface area contributed by atoms with E-state index in [2.05, 4.69) is 41.6 Å². The van der Waals surface area contributed by atoms with Crippen LogP contribution in [0.15, 0.2) is 101 Å². The van der Waals surface area contributed by atoms with Gasteiger partial charge in [-0.1, -0.05) is 49.4 Å². The number of furan rings is 1. The number of ketones is 1. The van der Waals surface area contributed by atoms with E-state index >= 15 is 0 Å². The number of carbonyl (C=O) groups excluding carboxylic acids is 1. The number of hydrogen-bond donors (Lipinski definition) is 2. The van der Waals surface area contributed by atoms with Gasteiger partial charge < -0.3 is 14.8 Å². The molecule has 194 valence electrons. The van der Waals surface area contributed by atoms with E-state index in [0.29, 0.717) is 28.3 Å².